The minimum atomic E-state index is -0.434. The molecule has 0 aliphatic heterocycles. The van der Waals surface area contributed by atoms with Gasteiger partial charge in [-0.1, -0.05) is 23.2 Å². The lowest BCUT2D eigenvalue weighted by Gasteiger charge is -2.00. The van der Waals surface area contributed by atoms with Crippen molar-refractivity contribution in [2.45, 2.75) is 0 Å². The highest BCUT2D eigenvalue weighted by Crippen LogP contribution is 2.29. The number of hydrazone groups is 1. The molecule has 6 nitrogen and oxygen atoms in total. The van der Waals surface area contributed by atoms with E-state index in [4.69, 9.17) is 27.6 Å². The smallest absolute Gasteiger partial charge is 0.289 e. The molecule has 1 amide bonds. The van der Waals surface area contributed by atoms with Gasteiger partial charge in [0.25, 0.3) is 5.91 Å². The Balaban J connectivity index is 1.72. The van der Waals surface area contributed by atoms with Gasteiger partial charge in [-0.3, -0.25) is 9.89 Å². The molecule has 0 spiro atoms. The second kappa shape index (κ2) is 6.68. The van der Waals surface area contributed by atoms with Gasteiger partial charge >= 0.3 is 0 Å². The number of nitrogens with zero attached hydrogens (tertiary/aromatic N) is 2. The van der Waals surface area contributed by atoms with Crippen LogP contribution in [0, 0.1) is 0 Å². The first-order valence-corrected chi connectivity index (χ1v) is 7.27. The molecule has 0 aliphatic carbocycles. The maximum Gasteiger partial charge on any atom is 0.289 e. The fraction of sp³-hybridized carbons (Fsp3) is 0. The number of H-pyrrole nitrogens is 1. The van der Waals surface area contributed by atoms with E-state index < -0.39 is 5.91 Å². The predicted molar refractivity (Wildman–Crippen MR) is 87.8 cm³/mol. The molecular weight excluding hydrogens is 339 g/mol. The third-order valence-corrected chi connectivity index (χ3v) is 3.48. The number of hydrogen-bond acceptors (Lipinski definition) is 4. The van der Waals surface area contributed by atoms with Gasteiger partial charge < -0.3 is 4.42 Å². The third-order valence-electron chi connectivity index (χ3n) is 2.93. The fourth-order valence-electron chi connectivity index (χ4n) is 1.85. The number of aromatic nitrogens is 2. The van der Waals surface area contributed by atoms with E-state index in [9.17, 15) is 4.79 Å². The van der Waals surface area contributed by atoms with Crippen LogP contribution in [0.5, 0.6) is 0 Å². The Morgan fingerprint density at radius 2 is 2.17 bits per heavy atom. The highest BCUT2D eigenvalue weighted by molar-refractivity contribution is 6.36. The molecule has 0 saturated heterocycles. The van der Waals surface area contributed by atoms with Crippen molar-refractivity contribution < 1.29 is 9.21 Å². The molecule has 116 valence electrons. The minimum absolute atomic E-state index is 0.252. The molecule has 2 N–H and O–H groups in total. The Kier molecular flexibility index (Phi) is 4.45. The van der Waals surface area contributed by atoms with Gasteiger partial charge in [0.1, 0.15) is 11.5 Å². The molecule has 0 fully saturated rings. The van der Waals surface area contributed by atoms with E-state index in [1.807, 2.05) is 0 Å². The Labute approximate surface area is 141 Å². The number of aromatic amines is 1. The van der Waals surface area contributed by atoms with E-state index >= 15 is 0 Å². The lowest BCUT2D eigenvalue weighted by molar-refractivity contribution is 0.0950. The van der Waals surface area contributed by atoms with E-state index in [0.29, 0.717) is 27.1 Å². The average molecular weight is 349 g/mol. The lowest BCUT2D eigenvalue weighted by atomic mass is 10.1. The maximum absolute atomic E-state index is 12.0. The van der Waals surface area contributed by atoms with Crippen molar-refractivity contribution >= 4 is 35.3 Å². The number of nitrogens with one attached hydrogen (secondary N) is 2. The summed E-state index contributed by atoms with van der Waals surface area (Å²) in [5.41, 5.74) is 3.83. The van der Waals surface area contributed by atoms with Gasteiger partial charge in [0, 0.05) is 10.6 Å². The normalized spacial score (nSPS) is 11.0. The first-order chi connectivity index (χ1) is 11.1. The van der Waals surface area contributed by atoms with Crippen LogP contribution in [0.2, 0.25) is 10.0 Å². The Morgan fingerprint density at radius 1 is 1.30 bits per heavy atom. The number of amides is 1. The second-order valence-corrected chi connectivity index (χ2v) is 5.35. The second-order valence-electron chi connectivity index (χ2n) is 4.51. The van der Waals surface area contributed by atoms with Crippen molar-refractivity contribution in [3.8, 4) is 11.3 Å². The van der Waals surface area contributed by atoms with Gasteiger partial charge in [-0.2, -0.15) is 10.2 Å². The molecular formula is C15H10Cl2N4O2. The summed E-state index contributed by atoms with van der Waals surface area (Å²) in [6.45, 7) is 0. The van der Waals surface area contributed by atoms with Crippen LogP contribution in [0.25, 0.3) is 11.3 Å². The van der Waals surface area contributed by atoms with Crippen molar-refractivity contribution in [3.63, 3.8) is 0 Å². The molecule has 0 aliphatic rings. The molecule has 2 heterocycles. The summed E-state index contributed by atoms with van der Waals surface area (Å²) in [5.74, 6) is 0.0974. The van der Waals surface area contributed by atoms with Gasteiger partial charge in [0.15, 0.2) is 0 Å². The molecule has 0 bridgehead atoms. The molecule has 0 radical (unpaired) electrons. The summed E-state index contributed by atoms with van der Waals surface area (Å²) >= 11 is 12.0. The van der Waals surface area contributed by atoms with E-state index in [2.05, 4.69) is 20.7 Å². The summed E-state index contributed by atoms with van der Waals surface area (Å²) in [7, 11) is 0. The zero-order valence-corrected chi connectivity index (χ0v) is 13.1. The molecule has 0 unspecified atom stereocenters. The van der Waals surface area contributed by atoms with E-state index in [1.54, 1.807) is 36.4 Å². The SMILES string of the molecule is O=C(NN=Cc1ccco1)c1cc(-c2ccc(Cl)cc2Cl)n[nH]1. The number of carbonyl (C=O) groups is 1. The molecule has 0 atom stereocenters. The molecule has 2 aromatic heterocycles. The predicted octanol–water partition coefficient (Wildman–Crippen LogP) is 3.74. The topological polar surface area (TPSA) is 83.3 Å². The summed E-state index contributed by atoms with van der Waals surface area (Å²) < 4.78 is 5.06. The van der Waals surface area contributed by atoms with Crippen molar-refractivity contribution in [2.24, 2.45) is 5.10 Å². The van der Waals surface area contributed by atoms with Gasteiger partial charge in [-0.25, -0.2) is 5.43 Å². The van der Waals surface area contributed by atoms with Crippen LogP contribution in [-0.4, -0.2) is 22.3 Å². The Hall–Kier alpha value is -2.57. The van der Waals surface area contributed by atoms with Crippen LogP contribution in [0.3, 0.4) is 0 Å². The number of benzene rings is 1. The van der Waals surface area contributed by atoms with E-state index in [0.717, 1.165) is 0 Å². The average Bonchev–Trinajstić information content (AvgIpc) is 3.18. The van der Waals surface area contributed by atoms with Crippen LogP contribution in [0.15, 0.2) is 52.2 Å². The van der Waals surface area contributed by atoms with Crippen LogP contribution < -0.4 is 5.43 Å². The first kappa shape index (κ1) is 15.3. The summed E-state index contributed by atoms with van der Waals surface area (Å²) in [5, 5.41) is 11.5. The van der Waals surface area contributed by atoms with E-state index in [1.165, 1.54) is 12.5 Å². The molecule has 8 heteroatoms. The van der Waals surface area contributed by atoms with Crippen molar-refractivity contribution in [3.05, 3.63) is 64.2 Å². The molecule has 3 aromatic rings. The van der Waals surface area contributed by atoms with Crippen LogP contribution in [0.4, 0.5) is 0 Å². The highest BCUT2D eigenvalue weighted by Gasteiger charge is 2.12. The monoisotopic (exact) mass is 348 g/mol. The van der Waals surface area contributed by atoms with Crippen LogP contribution in [-0.2, 0) is 0 Å². The Morgan fingerprint density at radius 3 is 2.91 bits per heavy atom. The molecule has 23 heavy (non-hydrogen) atoms. The molecule has 0 saturated carbocycles. The maximum atomic E-state index is 12.0. The van der Waals surface area contributed by atoms with Crippen molar-refractivity contribution in [2.75, 3.05) is 0 Å². The number of carbonyl (C=O) groups excluding carboxylic acids is 1. The summed E-state index contributed by atoms with van der Waals surface area (Å²) in [6.07, 6.45) is 2.91. The number of halogens is 2. The highest BCUT2D eigenvalue weighted by atomic mass is 35.5. The van der Waals surface area contributed by atoms with E-state index in [-0.39, 0.29) is 5.69 Å². The van der Waals surface area contributed by atoms with Gasteiger partial charge in [0.05, 0.1) is 23.2 Å². The quantitative estimate of drug-likeness (QED) is 0.556. The number of furan rings is 1. The Bertz CT molecular complexity index is 856. The van der Waals surface area contributed by atoms with Crippen LogP contribution >= 0.6 is 23.2 Å². The standard InChI is InChI=1S/C15H10Cl2N4O2/c16-9-3-4-11(12(17)6-9)13-7-14(20-19-13)15(22)21-18-8-10-2-1-5-23-10/h1-8H,(H,19,20)(H,21,22). The minimum Gasteiger partial charge on any atom is -0.463 e. The van der Waals surface area contributed by atoms with Crippen molar-refractivity contribution in [1.82, 2.24) is 15.6 Å². The number of hydrogen-bond donors (Lipinski definition) is 2. The van der Waals surface area contributed by atoms with Gasteiger partial charge in [0.2, 0.25) is 0 Å². The fourth-order valence-corrected chi connectivity index (χ4v) is 2.36. The van der Waals surface area contributed by atoms with Gasteiger partial charge in [-0.15, -0.1) is 0 Å². The lowest BCUT2D eigenvalue weighted by Crippen LogP contribution is -2.17. The van der Waals surface area contributed by atoms with Gasteiger partial charge in [-0.05, 0) is 36.4 Å². The summed E-state index contributed by atoms with van der Waals surface area (Å²) in [6, 6.07) is 10.1. The van der Waals surface area contributed by atoms with Crippen LogP contribution in [0.1, 0.15) is 16.2 Å². The first-order valence-electron chi connectivity index (χ1n) is 6.51. The number of rotatable bonds is 4. The third kappa shape index (κ3) is 3.61. The largest absolute Gasteiger partial charge is 0.463 e. The summed E-state index contributed by atoms with van der Waals surface area (Å²) in [4.78, 5) is 12.0. The molecule has 3 rings (SSSR count). The van der Waals surface area contributed by atoms with Crippen molar-refractivity contribution in [1.29, 1.82) is 0 Å². The zero-order valence-electron chi connectivity index (χ0n) is 11.6. The molecule has 1 aromatic carbocycles. The zero-order chi connectivity index (χ0) is 16.2.